The van der Waals surface area contributed by atoms with Gasteiger partial charge in [-0.3, -0.25) is 4.55 Å². The highest BCUT2D eigenvalue weighted by Crippen LogP contribution is 2.38. The van der Waals surface area contributed by atoms with Crippen molar-refractivity contribution in [1.29, 1.82) is 0 Å². The van der Waals surface area contributed by atoms with Crippen LogP contribution in [0.2, 0.25) is 0 Å². The Morgan fingerprint density at radius 2 is 1.88 bits per heavy atom. The molecule has 1 aliphatic rings. The Kier molecular flexibility index (Phi) is 2.93. The number of rotatable bonds is 2. The zero-order valence-corrected chi connectivity index (χ0v) is 10.3. The fourth-order valence-electron chi connectivity index (χ4n) is 1.99. The van der Waals surface area contributed by atoms with E-state index in [4.69, 9.17) is 0 Å². The Hall–Kier alpha value is -1.39. The van der Waals surface area contributed by atoms with E-state index in [9.17, 15) is 13.0 Å². The van der Waals surface area contributed by atoms with Crippen LogP contribution >= 0.6 is 0 Å². The minimum absolute atomic E-state index is 0.262. The summed E-state index contributed by atoms with van der Waals surface area (Å²) in [5.74, 6) is 0. The maximum atomic E-state index is 11.7. The van der Waals surface area contributed by atoms with Gasteiger partial charge >= 0.3 is 0 Å². The van der Waals surface area contributed by atoms with Crippen LogP contribution in [0, 0.1) is 0 Å². The summed E-state index contributed by atoms with van der Waals surface area (Å²) in [6.07, 6.45) is 5.37. The summed E-state index contributed by atoms with van der Waals surface area (Å²) in [6.45, 7) is 1.90. The molecular formula is C13H14O3S. The van der Waals surface area contributed by atoms with Gasteiger partial charge in [0.1, 0.15) is 4.75 Å². The molecule has 3 nitrogen and oxygen atoms in total. The normalized spacial score (nSPS) is 24.5. The Bertz CT molecular complexity index is 570. The van der Waals surface area contributed by atoms with Gasteiger partial charge in [-0.05, 0) is 18.9 Å². The first-order chi connectivity index (χ1) is 7.96. The Labute approximate surface area is 101 Å². The predicted octanol–water partition coefficient (Wildman–Crippen LogP) is 2.68. The minimum Gasteiger partial charge on any atom is -0.285 e. The van der Waals surface area contributed by atoms with E-state index in [2.05, 4.69) is 0 Å². The average molecular weight is 250 g/mol. The van der Waals surface area contributed by atoms with E-state index in [1.807, 2.05) is 19.1 Å². The molecule has 0 aliphatic heterocycles. The zero-order valence-electron chi connectivity index (χ0n) is 9.50. The van der Waals surface area contributed by atoms with Crippen molar-refractivity contribution in [2.45, 2.75) is 18.1 Å². The van der Waals surface area contributed by atoms with E-state index in [1.54, 1.807) is 36.4 Å². The number of allylic oxidation sites excluding steroid dienone is 3. The highest BCUT2D eigenvalue weighted by atomic mass is 32.2. The fourth-order valence-corrected chi connectivity index (χ4v) is 2.96. The van der Waals surface area contributed by atoms with E-state index >= 15 is 0 Å². The first-order valence-electron chi connectivity index (χ1n) is 5.34. The Balaban J connectivity index is 2.60. The molecule has 1 N–H and O–H groups in total. The monoisotopic (exact) mass is 250 g/mol. The van der Waals surface area contributed by atoms with Gasteiger partial charge < -0.3 is 0 Å². The first-order valence-corrected chi connectivity index (χ1v) is 6.78. The number of hydrogen-bond acceptors (Lipinski definition) is 2. The van der Waals surface area contributed by atoms with E-state index in [0.29, 0.717) is 5.56 Å². The van der Waals surface area contributed by atoms with Crippen molar-refractivity contribution in [2.75, 3.05) is 0 Å². The van der Waals surface area contributed by atoms with Gasteiger partial charge in [-0.15, -0.1) is 0 Å². The van der Waals surface area contributed by atoms with Crippen LogP contribution in [-0.2, 0) is 14.9 Å². The summed E-state index contributed by atoms with van der Waals surface area (Å²) in [5.41, 5.74) is 1.59. The minimum atomic E-state index is -4.20. The standard InChI is InChI=1S/C13H14O3S/c1-11-7-9-13(10-8-11,17(14,15)16)12-5-3-2-4-6-12/h2-9H,10H2,1H3,(H,14,15,16). The van der Waals surface area contributed by atoms with E-state index in [0.717, 1.165) is 5.57 Å². The Morgan fingerprint density at radius 3 is 2.35 bits per heavy atom. The molecule has 0 amide bonds. The van der Waals surface area contributed by atoms with Crippen LogP contribution in [0.3, 0.4) is 0 Å². The van der Waals surface area contributed by atoms with E-state index < -0.39 is 14.9 Å². The van der Waals surface area contributed by atoms with Crippen LogP contribution in [0.15, 0.2) is 54.1 Å². The van der Waals surface area contributed by atoms with Crippen molar-refractivity contribution in [3.05, 3.63) is 59.7 Å². The van der Waals surface area contributed by atoms with Crippen molar-refractivity contribution in [3.63, 3.8) is 0 Å². The summed E-state index contributed by atoms with van der Waals surface area (Å²) >= 11 is 0. The van der Waals surface area contributed by atoms with Crippen molar-refractivity contribution in [2.24, 2.45) is 0 Å². The topological polar surface area (TPSA) is 54.4 Å². The lowest BCUT2D eigenvalue weighted by Gasteiger charge is -2.29. The van der Waals surface area contributed by atoms with Crippen molar-refractivity contribution in [3.8, 4) is 0 Å². The lowest BCUT2D eigenvalue weighted by atomic mass is 9.89. The van der Waals surface area contributed by atoms with Gasteiger partial charge in [0.05, 0.1) is 0 Å². The maximum absolute atomic E-state index is 11.7. The van der Waals surface area contributed by atoms with Crippen LogP contribution in [0.25, 0.3) is 0 Å². The van der Waals surface area contributed by atoms with Crippen LogP contribution in [0.5, 0.6) is 0 Å². The quantitative estimate of drug-likeness (QED) is 0.821. The van der Waals surface area contributed by atoms with Gasteiger partial charge in [0, 0.05) is 0 Å². The van der Waals surface area contributed by atoms with Crippen molar-refractivity contribution >= 4 is 10.1 Å². The van der Waals surface area contributed by atoms with Crippen LogP contribution < -0.4 is 0 Å². The third kappa shape index (κ3) is 2.06. The number of hydrogen-bond donors (Lipinski definition) is 1. The Morgan fingerprint density at radius 1 is 1.24 bits per heavy atom. The molecular weight excluding hydrogens is 236 g/mol. The maximum Gasteiger partial charge on any atom is 0.278 e. The molecule has 1 aliphatic carbocycles. The third-order valence-electron chi connectivity index (χ3n) is 3.07. The third-order valence-corrected chi connectivity index (χ3v) is 4.52. The van der Waals surface area contributed by atoms with Gasteiger partial charge in [-0.2, -0.15) is 8.42 Å². The summed E-state index contributed by atoms with van der Waals surface area (Å²) in [5, 5.41) is 0. The van der Waals surface area contributed by atoms with Gasteiger partial charge in [0.2, 0.25) is 0 Å². The molecule has 90 valence electrons. The van der Waals surface area contributed by atoms with Gasteiger partial charge in [-0.1, -0.05) is 54.1 Å². The van der Waals surface area contributed by atoms with Gasteiger partial charge in [0.25, 0.3) is 10.1 Å². The average Bonchev–Trinajstić information content (AvgIpc) is 2.30. The van der Waals surface area contributed by atoms with Crippen LogP contribution in [0.4, 0.5) is 0 Å². The summed E-state index contributed by atoms with van der Waals surface area (Å²) < 4.78 is 31.6. The molecule has 2 rings (SSSR count). The molecule has 17 heavy (non-hydrogen) atoms. The summed E-state index contributed by atoms with van der Waals surface area (Å²) in [4.78, 5) is 0. The van der Waals surface area contributed by atoms with Gasteiger partial charge in [-0.25, -0.2) is 0 Å². The fraction of sp³-hybridized carbons (Fsp3) is 0.231. The predicted molar refractivity (Wildman–Crippen MR) is 67.2 cm³/mol. The molecule has 1 aromatic carbocycles. The molecule has 0 radical (unpaired) electrons. The van der Waals surface area contributed by atoms with Crippen LogP contribution in [0.1, 0.15) is 18.9 Å². The zero-order chi connectivity index (χ0) is 12.5. The van der Waals surface area contributed by atoms with E-state index in [-0.39, 0.29) is 6.42 Å². The second-order valence-electron chi connectivity index (χ2n) is 4.22. The van der Waals surface area contributed by atoms with Crippen LogP contribution in [-0.4, -0.2) is 13.0 Å². The van der Waals surface area contributed by atoms with Crippen molar-refractivity contribution < 1.29 is 13.0 Å². The molecule has 1 aromatic rings. The molecule has 1 unspecified atom stereocenters. The molecule has 0 bridgehead atoms. The summed E-state index contributed by atoms with van der Waals surface area (Å²) in [6, 6.07) is 8.77. The molecule has 0 heterocycles. The second-order valence-corrected chi connectivity index (χ2v) is 5.89. The smallest absolute Gasteiger partial charge is 0.278 e. The number of benzene rings is 1. The molecule has 0 spiro atoms. The van der Waals surface area contributed by atoms with Crippen molar-refractivity contribution in [1.82, 2.24) is 0 Å². The van der Waals surface area contributed by atoms with Gasteiger partial charge in [0.15, 0.2) is 0 Å². The largest absolute Gasteiger partial charge is 0.285 e. The molecule has 0 fully saturated rings. The lowest BCUT2D eigenvalue weighted by molar-refractivity contribution is 0.448. The molecule has 0 aromatic heterocycles. The molecule has 4 heteroatoms. The lowest BCUT2D eigenvalue weighted by Crippen LogP contribution is -2.34. The molecule has 1 atom stereocenters. The second kappa shape index (κ2) is 4.13. The highest BCUT2D eigenvalue weighted by molar-refractivity contribution is 7.87. The molecule has 0 saturated heterocycles. The highest BCUT2D eigenvalue weighted by Gasteiger charge is 2.42. The first kappa shape index (κ1) is 12.1. The molecule has 0 saturated carbocycles. The SMILES string of the molecule is CC1=CCC(c2ccccc2)(S(=O)(=O)O)C=C1. The van der Waals surface area contributed by atoms with E-state index in [1.165, 1.54) is 0 Å². The summed E-state index contributed by atoms with van der Waals surface area (Å²) in [7, 11) is -4.20.